The van der Waals surface area contributed by atoms with E-state index in [0.717, 1.165) is 39.6 Å². The number of amides is 1. The second-order valence-electron chi connectivity index (χ2n) is 9.51. The number of nitrogens with one attached hydrogen (secondary N) is 2. The maximum absolute atomic E-state index is 14.9. The number of thiocarbonyl (C=S) groups is 1. The number of benzene rings is 2. The van der Waals surface area contributed by atoms with Crippen molar-refractivity contribution in [2.75, 3.05) is 10.2 Å². The van der Waals surface area contributed by atoms with Crippen LogP contribution in [0.25, 0.3) is 5.69 Å². The summed E-state index contributed by atoms with van der Waals surface area (Å²) >= 11 is 5.89. The Kier molecular flexibility index (Phi) is 6.99. The molecule has 2 aromatic carbocycles. The molecule has 1 aliphatic heterocycles. The van der Waals surface area contributed by atoms with E-state index in [1.54, 1.807) is 18.3 Å². The Morgan fingerprint density at radius 2 is 1.84 bits per heavy atom. The van der Waals surface area contributed by atoms with E-state index in [-0.39, 0.29) is 23.8 Å². The lowest BCUT2D eigenvalue weighted by molar-refractivity contribution is -0.115. The minimum Gasteiger partial charge on any atom is -0.351 e. The van der Waals surface area contributed by atoms with E-state index in [0.29, 0.717) is 17.2 Å². The van der Waals surface area contributed by atoms with Gasteiger partial charge >= 0.3 is 0 Å². The largest absolute Gasteiger partial charge is 0.351 e. The number of carbonyl (C=O) groups excluding carboxylic acids is 1. The smallest absolute Gasteiger partial charge is 0.224 e. The molecule has 0 aliphatic carbocycles. The van der Waals surface area contributed by atoms with Crippen LogP contribution >= 0.6 is 12.2 Å². The first-order chi connectivity index (χ1) is 18.3. The van der Waals surface area contributed by atoms with Crippen LogP contribution in [0, 0.1) is 26.6 Å². The van der Waals surface area contributed by atoms with Crippen LogP contribution in [0.2, 0.25) is 0 Å². The number of anilines is 2. The SMILES string of the molecule is CCC(=O)Nc1ccc(N2C(=S)N[C@@H](c3ccccn3)[C@@H]2c2cc(C)n(-c3ccccc3F)c2C)cc1C. The lowest BCUT2D eigenvalue weighted by Crippen LogP contribution is -2.29. The summed E-state index contributed by atoms with van der Waals surface area (Å²) in [5, 5.41) is 7.02. The van der Waals surface area contributed by atoms with E-state index < -0.39 is 0 Å². The van der Waals surface area contributed by atoms with Gasteiger partial charge in [0, 0.05) is 35.4 Å². The molecule has 0 bridgehead atoms. The summed E-state index contributed by atoms with van der Waals surface area (Å²) in [4.78, 5) is 18.7. The Morgan fingerprint density at radius 3 is 2.53 bits per heavy atom. The molecule has 3 heterocycles. The normalized spacial score (nSPS) is 17.0. The van der Waals surface area contributed by atoms with Crippen LogP contribution < -0.4 is 15.5 Å². The minimum atomic E-state index is -0.278. The van der Waals surface area contributed by atoms with Crippen molar-refractivity contribution in [1.82, 2.24) is 14.9 Å². The van der Waals surface area contributed by atoms with Crippen LogP contribution in [-0.2, 0) is 4.79 Å². The standard InChI is InChI=1S/C30H30FN5OS/c1-5-27(37)33-24-14-13-21(16-18(24)2)36-29(28(34-30(36)38)25-11-8-9-15-32-25)22-17-19(3)35(20(22)4)26-12-7-6-10-23(26)31/h6-17,28-29H,5H2,1-4H3,(H,33,37)(H,34,38)/t28-,29-/m0/s1. The third kappa shape index (κ3) is 4.56. The highest BCUT2D eigenvalue weighted by Crippen LogP contribution is 2.44. The van der Waals surface area contributed by atoms with E-state index in [9.17, 15) is 9.18 Å². The predicted molar refractivity (Wildman–Crippen MR) is 153 cm³/mol. The van der Waals surface area contributed by atoms with Gasteiger partial charge in [-0.2, -0.15) is 0 Å². The van der Waals surface area contributed by atoms with Gasteiger partial charge in [0.15, 0.2) is 5.11 Å². The zero-order valence-corrected chi connectivity index (χ0v) is 22.6. The van der Waals surface area contributed by atoms with Crippen LogP contribution in [0.5, 0.6) is 0 Å². The molecular weight excluding hydrogens is 497 g/mol. The summed E-state index contributed by atoms with van der Waals surface area (Å²) in [5.74, 6) is -0.313. The number of aromatic nitrogens is 2. The summed E-state index contributed by atoms with van der Waals surface area (Å²) in [6.45, 7) is 7.79. The number of halogens is 1. The zero-order valence-electron chi connectivity index (χ0n) is 21.8. The van der Waals surface area contributed by atoms with E-state index in [4.69, 9.17) is 12.2 Å². The first-order valence-corrected chi connectivity index (χ1v) is 13.1. The summed E-state index contributed by atoms with van der Waals surface area (Å²) in [6, 6.07) is 20.2. The summed E-state index contributed by atoms with van der Waals surface area (Å²) in [7, 11) is 0. The van der Waals surface area contributed by atoms with Crippen molar-refractivity contribution in [3.63, 3.8) is 0 Å². The number of carbonyl (C=O) groups is 1. The van der Waals surface area contributed by atoms with Gasteiger partial charge in [-0.05, 0) is 92.6 Å². The van der Waals surface area contributed by atoms with Gasteiger partial charge < -0.3 is 20.1 Å². The molecule has 4 aromatic rings. The van der Waals surface area contributed by atoms with Crippen molar-refractivity contribution in [2.45, 2.75) is 46.2 Å². The van der Waals surface area contributed by atoms with Crippen molar-refractivity contribution >= 4 is 34.6 Å². The van der Waals surface area contributed by atoms with Crippen LogP contribution in [0.3, 0.4) is 0 Å². The first-order valence-electron chi connectivity index (χ1n) is 12.6. The van der Waals surface area contributed by atoms with Gasteiger partial charge in [-0.15, -0.1) is 0 Å². The summed E-state index contributed by atoms with van der Waals surface area (Å²) in [6.07, 6.45) is 2.19. The average molecular weight is 528 g/mol. The van der Waals surface area contributed by atoms with Gasteiger partial charge in [0.05, 0.1) is 23.5 Å². The van der Waals surface area contributed by atoms with Crippen molar-refractivity contribution < 1.29 is 9.18 Å². The van der Waals surface area contributed by atoms with E-state index in [1.807, 2.05) is 74.7 Å². The first kappa shape index (κ1) is 25.6. The fourth-order valence-electron chi connectivity index (χ4n) is 5.22. The maximum atomic E-state index is 14.9. The zero-order chi connectivity index (χ0) is 27.0. The Morgan fingerprint density at radius 1 is 1.08 bits per heavy atom. The molecule has 0 saturated carbocycles. The predicted octanol–water partition coefficient (Wildman–Crippen LogP) is 6.46. The quantitative estimate of drug-likeness (QED) is 0.282. The molecule has 2 atom stereocenters. The highest BCUT2D eigenvalue weighted by molar-refractivity contribution is 7.80. The molecule has 1 amide bonds. The van der Waals surface area contributed by atoms with Gasteiger partial charge in [0.25, 0.3) is 0 Å². The third-order valence-corrected chi connectivity index (χ3v) is 7.38. The Hall–Kier alpha value is -4.04. The highest BCUT2D eigenvalue weighted by atomic mass is 32.1. The van der Waals surface area contributed by atoms with E-state index >= 15 is 0 Å². The monoisotopic (exact) mass is 527 g/mol. The second kappa shape index (κ2) is 10.4. The Balaban J connectivity index is 1.64. The van der Waals surface area contributed by atoms with Crippen molar-refractivity contribution in [2.24, 2.45) is 0 Å². The number of rotatable bonds is 6. The highest BCUT2D eigenvalue weighted by Gasteiger charge is 2.42. The molecule has 0 unspecified atom stereocenters. The molecule has 6 nitrogen and oxygen atoms in total. The van der Waals surface area contributed by atoms with Crippen molar-refractivity contribution in [1.29, 1.82) is 0 Å². The van der Waals surface area contributed by atoms with Crippen molar-refractivity contribution in [3.05, 3.63) is 107 Å². The Labute approximate surface area is 227 Å². The van der Waals surface area contributed by atoms with Gasteiger partial charge in [-0.3, -0.25) is 9.78 Å². The molecule has 1 fully saturated rings. The number of para-hydroxylation sites is 1. The number of hydrogen-bond donors (Lipinski definition) is 2. The molecule has 0 radical (unpaired) electrons. The molecule has 2 N–H and O–H groups in total. The molecule has 194 valence electrons. The number of hydrogen-bond acceptors (Lipinski definition) is 3. The lowest BCUT2D eigenvalue weighted by Gasteiger charge is -2.29. The fraction of sp³-hybridized carbons (Fsp3) is 0.233. The molecule has 0 spiro atoms. The molecule has 38 heavy (non-hydrogen) atoms. The topological polar surface area (TPSA) is 62.2 Å². The van der Waals surface area contributed by atoms with Crippen LogP contribution in [-0.4, -0.2) is 20.6 Å². The summed E-state index contributed by atoms with van der Waals surface area (Å²) < 4.78 is 16.8. The van der Waals surface area contributed by atoms with Gasteiger partial charge in [0.1, 0.15) is 5.82 Å². The maximum Gasteiger partial charge on any atom is 0.224 e. The van der Waals surface area contributed by atoms with Crippen LogP contribution in [0.15, 0.2) is 72.9 Å². The molecule has 8 heteroatoms. The van der Waals surface area contributed by atoms with Gasteiger partial charge in [-0.25, -0.2) is 4.39 Å². The summed E-state index contributed by atoms with van der Waals surface area (Å²) in [5.41, 5.74) is 6.85. The Bertz CT molecular complexity index is 1520. The van der Waals surface area contributed by atoms with Crippen LogP contribution in [0.4, 0.5) is 15.8 Å². The minimum absolute atomic E-state index is 0.0344. The van der Waals surface area contributed by atoms with Gasteiger partial charge in [0.2, 0.25) is 5.91 Å². The average Bonchev–Trinajstić information content (AvgIpc) is 3.41. The van der Waals surface area contributed by atoms with E-state index in [2.05, 4.69) is 26.6 Å². The third-order valence-electron chi connectivity index (χ3n) is 7.06. The second-order valence-corrected chi connectivity index (χ2v) is 9.90. The van der Waals surface area contributed by atoms with Gasteiger partial charge in [-0.1, -0.05) is 25.1 Å². The fourth-order valence-corrected chi connectivity index (χ4v) is 5.56. The van der Waals surface area contributed by atoms with Crippen molar-refractivity contribution in [3.8, 4) is 5.69 Å². The molecular formula is C30H30FN5OS. The van der Waals surface area contributed by atoms with Crippen LogP contribution in [0.1, 0.15) is 53.6 Å². The molecule has 1 aliphatic rings. The molecule has 1 saturated heterocycles. The molecule has 2 aromatic heterocycles. The molecule has 5 rings (SSSR count). The number of pyridine rings is 1. The number of aryl methyl sites for hydroxylation is 2. The lowest BCUT2D eigenvalue weighted by atomic mass is 9.96. The van der Waals surface area contributed by atoms with E-state index in [1.165, 1.54) is 6.07 Å². The number of nitrogens with zero attached hydrogens (tertiary/aromatic N) is 3.